The number of rotatable bonds is 5. The maximum atomic E-state index is 6.09. The van der Waals surface area contributed by atoms with Gasteiger partial charge in [-0.1, -0.05) is 32.8 Å². The molecule has 106 valence electrons. The fourth-order valence-corrected chi connectivity index (χ4v) is 3.06. The van der Waals surface area contributed by atoms with Gasteiger partial charge in [0.25, 0.3) is 0 Å². The Kier molecular flexibility index (Phi) is 4.73. The molecule has 0 bridgehead atoms. The fraction of sp³-hybridized carbons (Fsp3) is 0.647. The molecule has 1 aliphatic carbocycles. The minimum Gasteiger partial charge on any atom is -0.398 e. The van der Waals surface area contributed by atoms with Gasteiger partial charge in [0.05, 0.1) is 0 Å². The molecule has 0 atom stereocenters. The van der Waals surface area contributed by atoms with E-state index in [0.29, 0.717) is 0 Å². The molecule has 2 rings (SSSR count). The normalized spacial score (nSPS) is 16.2. The molecule has 2 nitrogen and oxygen atoms in total. The lowest BCUT2D eigenvalue weighted by molar-refractivity contribution is 0.528. The van der Waals surface area contributed by atoms with Crippen molar-refractivity contribution in [2.75, 3.05) is 17.2 Å². The molecule has 0 heterocycles. The summed E-state index contributed by atoms with van der Waals surface area (Å²) in [7, 11) is 0. The second-order valence-corrected chi connectivity index (χ2v) is 6.31. The molecule has 0 saturated heterocycles. The van der Waals surface area contributed by atoms with Crippen molar-refractivity contribution in [3.63, 3.8) is 0 Å². The predicted molar refractivity (Wildman–Crippen MR) is 84.6 cm³/mol. The molecule has 0 radical (unpaired) electrons. The Balaban J connectivity index is 2.22. The van der Waals surface area contributed by atoms with E-state index in [4.69, 9.17) is 5.73 Å². The summed E-state index contributed by atoms with van der Waals surface area (Å²) in [5.41, 5.74) is 9.61. The van der Waals surface area contributed by atoms with Crippen molar-refractivity contribution < 1.29 is 0 Å². The second kappa shape index (κ2) is 6.31. The first-order chi connectivity index (χ1) is 9.09. The monoisotopic (exact) mass is 260 g/mol. The molecule has 0 aliphatic heterocycles. The van der Waals surface area contributed by atoms with Crippen LogP contribution in [0.2, 0.25) is 0 Å². The average Bonchev–Trinajstić information content (AvgIpc) is 2.88. The van der Waals surface area contributed by atoms with Gasteiger partial charge in [0.2, 0.25) is 0 Å². The molecule has 2 heteroatoms. The molecule has 0 aromatic heterocycles. The number of anilines is 2. The maximum Gasteiger partial charge on any atom is 0.0419 e. The summed E-state index contributed by atoms with van der Waals surface area (Å²) >= 11 is 0. The van der Waals surface area contributed by atoms with Gasteiger partial charge >= 0.3 is 0 Å². The largest absolute Gasteiger partial charge is 0.398 e. The van der Waals surface area contributed by atoms with Crippen LogP contribution in [0, 0.1) is 12.8 Å². The summed E-state index contributed by atoms with van der Waals surface area (Å²) in [4.78, 5) is 2.62. The molecule has 0 unspecified atom stereocenters. The van der Waals surface area contributed by atoms with Crippen LogP contribution >= 0.6 is 0 Å². The van der Waals surface area contributed by atoms with Gasteiger partial charge in [-0.2, -0.15) is 0 Å². The number of nitrogens with two attached hydrogens (primary N) is 1. The summed E-state index contributed by atoms with van der Waals surface area (Å²) < 4.78 is 0. The van der Waals surface area contributed by atoms with E-state index < -0.39 is 0 Å². The van der Waals surface area contributed by atoms with E-state index in [-0.39, 0.29) is 0 Å². The number of hydrogen-bond acceptors (Lipinski definition) is 2. The van der Waals surface area contributed by atoms with E-state index in [1.54, 1.807) is 0 Å². The highest BCUT2D eigenvalue weighted by molar-refractivity contribution is 5.64. The van der Waals surface area contributed by atoms with Crippen LogP contribution in [-0.2, 0) is 0 Å². The van der Waals surface area contributed by atoms with Crippen LogP contribution in [0.15, 0.2) is 18.2 Å². The third-order valence-corrected chi connectivity index (χ3v) is 4.37. The van der Waals surface area contributed by atoms with Crippen molar-refractivity contribution in [2.45, 2.75) is 58.9 Å². The van der Waals surface area contributed by atoms with Crippen LogP contribution in [0.3, 0.4) is 0 Å². The first-order valence-electron chi connectivity index (χ1n) is 7.71. The van der Waals surface area contributed by atoms with Crippen LogP contribution in [0.25, 0.3) is 0 Å². The van der Waals surface area contributed by atoms with E-state index in [9.17, 15) is 0 Å². The summed E-state index contributed by atoms with van der Waals surface area (Å²) in [5, 5.41) is 0. The molecule has 0 spiro atoms. The van der Waals surface area contributed by atoms with E-state index in [1.807, 2.05) is 6.07 Å². The average molecular weight is 260 g/mol. The summed E-state index contributed by atoms with van der Waals surface area (Å²) in [6.07, 6.45) is 6.69. The molecule has 1 aliphatic rings. The second-order valence-electron chi connectivity index (χ2n) is 6.31. The molecule has 19 heavy (non-hydrogen) atoms. The number of hydrogen-bond donors (Lipinski definition) is 1. The van der Waals surface area contributed by atoms with Crippen LogP contribution in [0.1, 0.15) is 51.5 Å². The standard InChI is InChI=1S/C17H28N2/c1-13(2)11-12-19(15-7-4-5-8-15)17-10-6-9-16(18)14(17)3/h6,9-10,13,15H,4-5,7-8,11-12,18H2,1-3H3. The molecule has 2 N–H and O–H groups in total. The molecule has 1 fully saturated rings. The minimum atomic E-state index is 0.722. The van der Waals surface area contributed by atoms with Crippen LogP contribution in [0.4, 0.5) is 11.4 Å². The van der Waals surface area contributed by atoms with Gasteiger partial charge in [-0.05, 0) is 49.8 Å². The summed E-state index contributed by atoms with van der Waals surface area (Å²) in [5.74, 6) is 0.755. The van der Waals surface area contributed by atoms with Gasteiger partial charge in [0.15, 0.2) is 0 Å². The Morgan fingerprint density at radius 1 is 1.26 bits per heavy atom. The Hall–Kier alpha value is -1.18. The lowest BCUT2D eigenvalue weighted by Gasteiger charge is -2.33. The highest BCUT2D eigenvalue weighted by atomic mass is 15.2. The molecule has 1 saturated carbocycles. The van der Waals surface area contributed by atoms with Gasteiger partial charge < -0.3 is 10.6 Å². The lowest BCUT2D eigenvalue weighted by Crippen LogP contribution is -2.35. The van der Waals surface area contributed by atoms with Gasteiger partial charge in [-0.15, -0.1) is 0 Å². The third kappa shape index (κ3) is 3.43. The zero-order chi connectivity index (χ0) is 13.8. The SMILES string of the molecule is Cc1c(N)cccc1N(CCC(C)C)C1CCCC1. The predicted octanol–water partition coefficient (Wildman–Crippen LogP) is 4.37. The van der Waals surface area contributed by atoms with Gasteiger partial charge in [0, 0.05) is 24.0 Å². The Bertz CT molecular complexity index is 406. The zero-order valence-corrected chi connectivity index (χ0v) is 12.7. The number of benzene rings is 1. The van der Waals surface area contributed by atoms with E-state index >= 15 is 0 Å². The fourth-order valence-electron chi connectivity index (χ4n) is 3.06. The first-order valence-corrected chi connectivity index (χ1v) is 7.71. The van der Waals surface area contributed by atoms with Gasteiger partial charge in [-0.3, -0.25) is 0 Å². The van der Waals surface area contributed by atoms with Gasteiger partial charge in [-0.25, -0.2) is 0 Å². The molecular weight excluding hydrogens is 232 g/mol. The van der Waals surface area contributed by atoms with Crippen molar-refractivity contribution in [1.82, 2.24) is 0 Å². The number of nitrogen functional groups attached to an aromatic ring is 1. The van der Waals surface area contributed by atoms with E-state index in [1.165, 1.54) is 43.4 Å². The Morgan fingerprint density at radius 3 is 2.58 bits per heavy atom. The third-order valence-electron chi connectivity index (χ3n) is 4.37. The van der Waals surface area contributed by atoms with Crippen molar-refractivity contribution in [3.05, 3.63) is 23.8 Å². The maximum absolute atomic E-state index is 6.09. The smallest absolute Gasteiger partial charge is 0.0419 e. The zero-order valence-electron chi connectivity index (χ0n) is 12.7. The molecule has 0 amide bonds. The molecule has 1 aromatic carbocycles. The van der Waals surface area contributed by atoms with E-state index in [0.717, 1.165) is 24.2 Å². The highest BCUT2D eigenvalue weighted by Gasteiger charge is 2.24. The lowest BCUT2D eigenvalue weighted by atomic mass is 10.1. The Labute approximate surface area is 118 Å². The summed E-state index contributed by atoms with van der Waals surface area (Å²) in [6, 6.07) is 7.06. The van der Waals surface area contributed by atoms with Crippen molar-refractivity contribution in [2.24, 2.45) is 5.92 Å². The van der Waals surface area contributed by atoms with Crippen LogP contribution < -0.4 is 10.6 Å². The van der Waals surface area contributed by atoms with Gasteiger partial charge in [0.1, 0.15) is 0 Å². The quantitative estimate of drug-likeness (QED) is 0.796. The van der Waals surface area contributed by atoms with Crippen molar-refractivity contribution in [1.29, 1.82) is 0 Å². The first kappa shape index (κ1) is 14.2. The highest BCUT2D eigenvalue weighted by Crippen LogP contribution is 2.32. The number of nitrogens with zero attached hydrogens (tertiary/aromatic N) is 1. The Morgan fingerprint density at radius 2 is 1.95 bits per heavy atom. The van der Waals surface area contributed by atoms with Crippen molar-refractivity contribution in [3.8, 4) is 0 Å². The van der Waals surface area contributed by atoms with E-state index in [2.05, 4.69) is 37.8 Å². The molecule has 1 aromatic rings. The summed E-state index contributed by atoms with van der Waals surface area (Å²) in [6.45, 7) is 7.92. The van der Waals surface area contributed by atoms with Crippen molar-refractivity contribution >= 4 is 11.4 Å². The van der Waals surface area contributed by atoms with Crippen LogP contribution in [0.5, 0.6) is 0 Å². The van der Waals surface area contributed by atoms with Crippen LogP contribution in [-0.4, -0.2) is 12.6 Å². The topological polar surface area (TPSA) is 29.3 Å². The molecular formula is C17H28N2. The minimum absolute atomic E-state index is 0.722.